The van der Waals surface area contributed by atoms with Crippen LogP contribution in [0.2, 0.25) is 0 Å². The number of ether oxygens (including phenoxy) is 1. The maximum absolute atomic E-state index is 12.5. The van der Waals surface area contributed by atoms with Crippen molar-refractivity contribution < 1.29 is 13.2 Å². The third kappa shape index (κ3) is 3.22. The molecule has 0 atom stereocenters. The van der Waals surface area contributed by atoms with E-state index in [1.54, 1.807) is 4.40 Å². The van der Waals surface area contributed by atoms with Crippen LogP contribution < -0.4 is 9.46 Å². The summed E-state index contributed by atoms with van der Waals surface area (Å²) in [6.45, 7) is 1.92. The summed E-state index contributed by atoms with van der Waals surface area (Å²) in [4.78, 5) is 0. The van der Waals surface area contributed by atoms with Gasteiger partial charge in [0.25, 0.3) is 0 Å². The normalized spacial score (nSPS) is 34.1. The fourth-order valence-electron chi connectivity index (χ4n) is 7.23. The Bertz CT molecular complexity index is 1130. The van der Waals surface area contributed by atoms with Crippen LogP contribution in [-0.2, 0) is 10.2 Å². The quantitative estimate of drug-likeness (QED) is 0.687. The second-order valence-electron chi connectivity index (χ2n) is 11.2. The molecule has 5 aliphatic carbocycles. The first-order valence-electron chi connectivity index (χ1n) is 12.3. The van der Waals surface area contributed by atoms with Gasteiger partial charge in [0.2, 0.25) is 5.95 Å². The molecule has 3 heterocycles. The van der Waals surface area contributed by atoms with Gasteiger partial charge >= 0.3 is 10.2 Å². The van der Waals surface area contributed by atoms with Gasteiger partial charge in [-0.25, -0.2) is 4.72 Å². The summed E-state index contributed by atoms with van der Waals surface area (Å²) in [5, 5.41) is 8.39. The summed E-state index contributed by atoms with van der Waals surface area (Å²) >= 11 is 0. The molecule has 5 saturated carbocycles. The van der Waals surface area contributed by atoms with E-state index in [0.29, 0.717) is 30.1 Å². The zero-order valence-electron chi connectivity index (χ0n) is 18.4. The Balaban J connectivity index is 1.16. The molecule has 0 amide bonds. The Kier molecular flexibility index (Phi) is 4.18. The van der Waals surface area contributed by atoms with Crippen molar-refractivity contribution >= 4 is 21.8 Å². The lowest BCUT2D eigenvalue weighted by Crippen LogP contribution is -2.48. The number of anilines is 1. The molecule has 8 rings (SSSR count). The Morgan fingerprint density at radius 3 is 2.34 bits per heavy atom. The van der Waals surface area contributed by atoms with E-state index >= 15 is 0 Å². The topological polar surface area (TPSA) is 88.8 Å². The minimum Gasteiger partial charge on any atom is -0.493 e. The van der Waals surface area contributed by atoms with Crippen LogP contribution in [0.3, 0.4) is 0 Å². The maximum Gasteiger partial charge on any atom is 0.303 e. The lowest BCUT2D eigenvalue weighted by Gasteiger charge is -2.56. The van der Waals surface area contributed by atoms with Gasteiger partial charge in [0.1, 0.15) is 5.75 Å². The Morgan fingerprint density at radius 2 is 1.75 bits per heavy atom. The van der Waals surface area contributed by atoms with E-state index in [-0.39, 0.29) is 5.95 Å². The van der Waals surface area contributed by atoms with Crippen molar-refractivity contribution in [3.8, 4) is 5.75 Å². The molecule has 1 aliphatic heterocycles. The zero-order chi connectivity index (χ0) is 21.5. The van der Waals surface area contributed by atoms with Gasteiger partial charge in [-0.15, -0.1) is 10.2 Å². The van der Waals surface area contributed by atoms with Crippen LogP contribution in [-0.4, -0.2) is 47.0 Å². The van der Waals surface area contributed by atoms with Crippen molar-refractivity contribution in [2.45, 2.75) is 63.7 Å². The monoisotopic (exact) mass is 457 g/mol. The first kappa shape index (κ1) is 19.6. The predicted molar refractivity (Wildman–Crippen MR) is 120 cm³/mol. The highest BCUT2D eigenvalue weighted by atomic mass is 32.2. The van der Waals surface area contributed by atoms with Gasteiger partial charge in [-0.1, -0.05) is 0 Å². The molecule has 0 unspecified atom stereocenters. The smallest absolute Gasteiger partial charge is 0.303 e. The number of pyridine rings is 1. The highest BCUT2D eigenvalue weighted by molar-refractivity contribution is 7.90. The molecule has 0 aromatic carbocycles. The van der Waals surface area contributed by atoms with Crippen molar-refractivity contribution in [1.29, 1.82) is 0 Å². The molecule has 2 aromatic rings. The van der Waals surface area contributed by atoms with Crippen molar-refractivity contribution in [3.05, 3.63) is 17.8 Å². The first-order chi connectivity index (χ1) is 15.5. The number of nitrogens with zero attached hydrogens (tertiary/aromatic N) is 4. The molecule has 2 aromatic heterocycles. The maximum atomic E-state index is 12.5. The first-order valence-corrected chi connectivity index (χ1v) is 13.7. The summed E-state index contributed by atoms with van der Waals surface area (Å²) in [6, 6.07) is 1.96. The van der Waals surface area contributed by atoms with Crippen LogP contribution in [0.4, 0.5) is 5.95 Å². The second kappa shape index (κ2) is 6.82. The number of fused-ring (bicyclic) bond motifs is 1. The molecule has 6 fully saturated rings. The van der Waals surface area contributed by atoms with Gasteiger partial charge in [-0.05, 0) is 81.5 Å². The SMILES string of the molecule is O=S(=O)(Nc1nnc2cc(OCC34CC5CC(CC(C5)C3)C4)c(C3CC3)cn12)N1CCC1. The number of nitrogens with one attached hydrogen (secondary N) is 1. The van der Waals surface area contributed by atoms with Gasteiger partial charge in [0.05, 0.1) is 6.61 Å². The molecule has 0 radical (unpaired) electrons. The van der Waals surface area contributed by atoms with Crippen LogP contribution in [0.15, 0.2) is 12.3 Å². The molecule has 8 nitrogen and oxygen atoms in total. The van der Waals surface area contributed by atoms with Crippen LogP contribution in [0, 0.1) is 23.2 Å². The fraction of sp³-hybridized carbons (Fsp3) is 0.739. The van der Waals surface area contributed by atoms with E-state index in [0.717, 1.165) is 54.9 Å². The third-order valence-corrected chi connectivity index (χ3v) is 10.1. The van der Waals surface area contributed by atoms with Gasteiger partial charge < -0.3 is 4.74 Å². The fourth-order valence-corrected chi connectivity index (χ4v) is 8.47. The largest absolute Gasteiger partial charge is 0.493 e. The van der Waals surface area contributed by atoms with E-state index in [4.69, 9.17) is 4.74 Å². The zero-order valence-corrected chi connectivity index (χ0v) is 19.2. The van der Waals surface area contributed by atoms with E-state index in [2.05, 4.69) is 14.9 Å². The summed E-state index contributed by atoms with van der Waals surface area (Å²) in [5.74, 6) is 4.38. The van der Waals surface area contributed by atoms with Gasteiger partial charge in [0.15, 0.2) is 5.65 Å². The van der Waals surface area contributed by atoms with E-state index in [1.807, 2.05) is 12.3 Å². The Hall–Kier alpha value is -1.87. The van der Waals surface area contributed by atoms with Gasteiger partial charge in [0, 0.05) is 36.3 Å². The summed E-state index contributed by atoms with van der Waals surface area (Å²) in [6.07, 6.45) is 13.5. The minimum absolute atomic E-state index is 0.251. The van der Waals surface area contributed by atoms with Crippen molar-refractivity contribution in [2.75, 3.05) is 24.4 Å². The average Bonchev–Trinajstić information content (AvgIpc) is 3.46. The molecule has 6 aliphatic rings. The second-order valence-corrected chi connectivity index (χ2v) is 12.9. The Morgan fingerprint density at radius 1 is 1.06 bits per heavy atom. The highest BCUT2D eigenvalue weighted by Crippen LogP contribution is 2.60. The molecule has 1 saturated heterocycles. The molecule has 32 heavy (non-hydrogen) atoms. The van der Waals surface area contributed by atoms with E-state index < -0.39 is 10.2 Å². The summed E-state index contributed by atoms with van der Waals surface area (Å²) in [5.41, 5.74) is 2.13. The van der Waals surface area contributed by atoms with Gasteiger partial charge in [-0.2, -0.15) is 12.7 Å². The van der Waals surface area contributed by atoms with Crippen LogP contribution in [0.5, 0.6) is 5.75 Å². The average molecular weight is 458 g/mol. The minimum atomic E-state index is -3.57. The van der Waals surface area contributed by atoms with Crippen LogP contribution >= 0.6 is 0 Å². The number of hydrogen-bond acceptors (Lipinski definition) is 5. The Labute approximate surface area is 188 Å². The summed E-state index contributed by atoms with van der Waals surface area (Å²) in [7, 11) is -3.57. The molecule has 0 spiro atoms. The predicted octanol–water partition coefficient (Wildman–Crippen LogP) is 3.56. The molecule has 4 bridgehead atoms. The number of hydrogen-bond donors (Lipinski definition) is 1. The van der Waals surface area contributed by atoms with Crippen molar-refractivity contribution in [3.63, 3.8) is 0 Å². The highest BCUT2D eigenvalue weighted by Gasteiger charge is 2.51. The molecule has 172 valence electrons. The lowest BCUT2D eigenvalue weighted by molar-refractivity contribution is -0.0746. The van der Waals surface area contributed by atoms with E-state index in [1.165, 1.54) is 42.8 Å². The van der Waals surface area contributed by atoms with Gasteiger partial charge in [-0.3, -0.25) is 4.40 Å². The van der Waals surface area contributed by atoms with Crippen molar-refractivity contribution in [2.24, 2.45) is 23.2 Å². The molecule has 1 N–H and O–H groups in total. The molecular weight excluding hydrogens is 426 g/mol. The summed E-state index contributed by atoms with van der Waals surface area (Å²) < 4.78 is 37.5. The third-order valence-electron chi connectivity index (χ3n) is 8.63. The van der Waals surface area contributed by atoms with Crippen LogP contribution in [0.1, 0.15) is 69.3 Å². The standard InChI is InChI=1S/C23H31N5O3S/c29-32(30,27-4-1-5-27)26-22-25-24-21-9-20(19(13-28(21)22)18-2-3-18)31-14-23-10-15-6-16(11-23)8-17(7-15)12-23/h9,13,15-18H,1-8,10-12,14H2,(H,25,26). The molecular formula is C23H31N5O3S. The van der Waals surface area contributed by atoms with E-state index in [9.17, 15) is 8.42 Å². The number of rotatable bonds is 7. The van der Waals surface area contributed by atoms with Crippen LogP contribution in [0.25, 0.3) is 5.65 Å². The van der Waals surface area contributed by atoms with Crippen molar-refractivity contribution in [1.82, 2.24) is 18.9 Å². The number of aromatic nitrogens is 3. The molecule has 9 heteroatoms. The lowest BCUT2D eigenvalue weighted by atomic mass is 9.50.